The van der Waals surface area contributed by atoms with Gasteiger partial charge in [-0.2, -0.15) is 0 Å². The van der Waals surface area contributed by atoms with Crippen molar-refractivity contribution in [3.05, 3.63) is 59.2 Å². The molecule has 0 spiro atoms. The number of carbonyl (C=O) groups is 2. The molecule has 0 aliphatic carbocycles. The molecule has 4 atom stereocenters. The van der Waals surface area contributed by atoms with Gasteiger partial charge < -0.3 is 30.4 Å². The number of rotatable bonds is 6. The van der Waals surface area contributed by atoms with Crippen molar-refractivity contribution in [3.8, 4) is 0 Å². The number of nitrogens with two attached hydrogens (primary N) is 2. The van der Waals surface area contributed by atoms with E-state index in [1.807, 2.05) is 41.5 Å². The Labute approximate surface area is 313 Å². The van der Waals surface area contributed by atoms with Gasteiger partial charge in [0.1, 0.15) is 33.9 Å². The van der Waals surface area contributed by atoms with Crippen LogP contribution >= 0.6 is 23.5 Å². The summed E-state index contributed by atoms with van der Waals surface area (Å²) in [6.45, 7) is 12.8. The SMILES string of the molecule is CC(C)(C)OC(=O)CC1=N[C@@]2(c3cc(N)ccc3F)COCC[C@H]2CS1.CC(C)(C)OC(=O)CC1=N[C@@]2(c3cc(N)ccc3F)COCC[C@H]2CS1. The van der Waals surface area contributed by atoms with Crippen molar-refractivity contribution >= 4 is 56.9 Å². The molecular formula is C38H50F2N4O6S2. The number of hydrogen-bond donors (Lipinski definition) is 2. The standard InChI is InChI=1S/2C19H25FN2O3S/c2*1-18(2,3)25-17(23)9-16-22-19(11-24-7-6-12(19)10-26-16)14-8-13(21)4-5-15(14)20/h2*4-5,8,12H,6-7,9-11,21H2,1-3H3/t2*12-,19-/m00/s1. The van der Waals surface area contributed by atoms with Gasteiger partial charge in [-0.05, 0) is 90.8 Å². The molecule has 2 aromatic rings. The summed E-state index contributed by atoms with van der Waals surface area (Å²) < 4.78 is 51.5. The lowest BCUT2D eigenvalue weighted by Gasteiger charge is -2.44. The average molecular weight is 761 g/mol. The topological polar surface area (TPSA) is 148 Å². The van der Waals surface area contributed by atoms with Gasteiger partial charge in [-0.1, -0.05) is 0 Å². The first kappa shape index (κ1) is 40.0. The lowest BCUT2D eigenvalue weighted by atomic mass is 9.76. The molecule has 0 radical (unpaired) electrons. The minimum atomic E-state index is -0.833. The minimum Gasteiger partial charge on any atom is -0.460 e. The number of thioether (sulfide) groups is 2. The van der Waals surface area contributed by atoms with E-state index in [1.165, 1.54) is 24.3 Å². The van der Waals surface area contributed by atoms with Crippen molar-refractivity contribution in [3.63, 3.8) is 0 Å². The number of benzene rings is 2. The molecule has 2 saturated heterocycles. The third kappa shape index (κ3) is 9.66. The monoisotopic (exact) mass is 760 g/mol. The second kappa shape index (κ2) is 16.0. The molecule has 0 saturated carbocycles. The highest BCUT2D eigenvalue weighted by Gasteiger charge is 2.49. The van der Waals surface area contributed by atoms with Gasteiger partial charge in [0.25, 0.3) is 0 Å². The summed E-state index contributed by atoms with van der Waals surface area (Å²) in [5.74, 6) is 0.450. The lowest BCUT2D eigenvalue weighted by molar-refractivity contribution is -0.154. The van der Waals surface area contributed by atoms with Gasteiger partial charge in [0, 0.05) is 59.1 Å². The number of nitrogens with zero attached hydrogens (tertiary/aromatic N) is 2. The molecule has 2 aromatic carbocycles. The van der Waals surface area contributed by atoms with Crippen molar-refractivity contribution < 1.29 is 37.3 Å². The maximum absolute atomic E-state index is 14.7. The van der Waals surface area contributed by atoms with Crippen molar-refractivity contribution in [2.75, 3.05) is 49.4 Å². The van der Waals surface area contributed by atoms with Crippen LogP contribution in [0.1, 0.15) is 78.4 Å². The fourth-order valence-corrected chi connectivity index (χ4v) is 9.43. The van der Waals surface area contributed by atoms with Crippen LogP contribution in [-0.2, 0) is 39.6 Å². The third-order valence-corrected chi connectivity index (χ3v) is 11.4. The molecular weight excluding hydrogens is 711 g/mol. The largest absolute Gasteiger partial charge is 0.460 e. The number of nitrogen functional groups attached to an aromatic ring is 2. The summed E-state index contributed by atoms with van der Waals surface area (Å²) >= 11 is 3.09. The van der Waals surface area contributed by atoms with Gasteiger partial charge in [0.05, 0.1) is 36.1 Å². The molecule has 284 valence electrons. The molecule has 4 aliphatic heterocycles. The van der Waals surface area contributed by atoms with Gasteiger partial charge in [-0.3, -0.25) is 19.6 Å². The van der Waals surface area contributed by atoms with Crippen molar-refractivity contribution in [1.29, 1.82) is 0 Å². The van der Waals surface area contributed by atoms with Crippen LogP contribution in [0.2, 0.25) is 0 Å². The first-order valence-corrected chi connectivity index (χ1v) is 19.5. The lowest BCUT2D eigenvalue weighted by Crippen LogP contribution is -2.47. The van der Waals surface area contributed by atoms with E-state index >= 15 is 0 Å². The van der Waals surface area contributed by atoms with E-state index < -0.39 is 22.3 Å². The van der Waals surface area contributed by atoms with E-state index in [4.69, 9.17) is 40.4 Å². The number of carbonyl (C=O) groups excluding carboxylic acids is 2. The van der Waals surface area contributed by atoms with Crippen LogP contribution in [0.15, 0.2) is 46.4 Å². The molecule has 0 unspecified atom stereocenters. The van der Waals surface area contributed by atoms with Crippen molar-refractivity contribution in [2.45, 2.75) is 89.5 Å². The van der Waals surface area contributed by atoms with Crippen LogP contribution in [0, 0.1) is 23.5 Å². The molecule has 14 heteroatoms. The van der Waals surface area contributed by atoms with Crippen LogP contribution in [-0.4, -0.2) is 71.2 Å². The maximum Gasteiger partial charge on any atom is 0.312 e. The fourth-order valence-electron chi connectivity index (χ4n) is 6.86. The number of halogens is 2. The molecule has 4 heterocycles. The fraction of sp³-hybridized carbons (Fsp3) is 0.579. The Hall–Kier alpha value is -3.20. The van der Waals surface area contributed by atoms with Gasteiger partial charge >= 0.3 is 11.9 Å². The molecule has 0 amide bonds. The summed E-state index contributed by atoms with van der Waals surface area (Å²) in [5, 5.41) is 1.31. The van der Waals surface area contributed by atoms with Crippen molar-refractivity contribution in [2.24, 2.45) is 21.8 Å². The van der Waals surface area contributed by atoms with Gasteiger partial charge in [-0.15, -0.1) is 23.5 Å². The highest BCUT2D eigenvalue weighted by Crippen LogP contribution is 2.48. The molecule has 52 heavy (non-hydrogen) atoms. The third-order valence-electron chi connectivity index (χ3n) is 9.11. The number of ether oxygens (including phenoxy) is 4. The molecule has 0 aromatic heterocycles. The highest BCUT2D eigenvalue weighted by molar-refractivity contribution is 8.14. The van der Waals surface area contributed by atoms with Crippen LogP contribution in [0.3, 0.4) is 0 Å². The Morgan fingerprint density at radius 1 is 0.750 bits per heavy atom. The Morgan fingerprint density at radius 2 is 1.13 bits per heavy atom. The summed E-state index contributed by atoms with van der Waals surface area (Å²) in [5.41, 5.74) is 10.9. The summed E-state index contributed by atoms with van der Waals surface area (Å²) in [6, 6.07) is 9.10. The molecule has 10 nitrogen and oxygen atoms in total. The zero-order chi connectivity index (χ0) is 37.9. The number of aliphatic imine (C=N–C) groups is 2. The average Bonchev–Trinajstić information content (AvgIpc) is 3.05. The molecule has 4 N–H and O–H groups in total. The van der Waals surface area contributed by atoms with E-state index in [2.05, 4.69) is 0 Å². The summed E-state index contributed by atoms with van der Waals surface area (Å²) in [6.07, 6.45) is 1.76. The molecule has 4 aliphatic rings. The van der Waals surface area contributed by atoms with Gasteiger partial charge in [0.2, 0.25) is 0 Å². The summed E-state index contributed by atoms with van der Waals surface area (Å²) in [7, 11) is 0. The van der Waals surface area contributed by atoms with E-state index in [-0.39, 0.29) is 61.5 Å². The Morgan fingerprint density at radius 3 is 1.50 bits per heavy atom. The normalized spacial score (nSPS) is 26.0. The first-order valence-electron chi connectivity index (χ1n) is 17.5. The van der Waals surface area contributed by atoms with Crippen LogP contribution in [0.25, 0.3) is 0 Å². The Balaban J connectivity index is 0.000000201. The number of hydrogen-bond acceptors (Lipinski definition) is 12. The predicted octanol–water partition coefficient (Wildman–Crippen LogP) is 7.03. The van der Waals surface area contributed by atoms with Gasteiger partial charge in [0.15, 0.2) is 0 Å². The number of esters is 2. The smallest absolute Gasteiger partial charge is 0.312 e. The highest BCUT2D eigenvalue weighted by atomic mass is 32.2. The molecule has 0 bridgehead atoms. The van der Waals surface area contributed by atoms with Crippen LogP contribution < -0.4 is 11.5 Å². The van der Waals surface area contributed by atoms with E-state index in [0.717, 1.165) is 24.3 Å². The quantitative estimate of drug-likeness (QED) is 0.232. The number of fused-ring (bicyclic) bond motifs is 2. The maximum atomic E-state index is 14.7. The van der Waals surface area contributed by atoms with E-state index in [0.29, 0.717) is 45.8 Å². The van der Waals surface area contributed by atoms with Crippen LogP contribution in [0.4, 0.5) is 20.2 Å². The zero-order valence-corrected chi connectivity index (χ0v) is 32.4. The predicted molar refractivity (Wildman–Crippen MR) is 204 cm³/mol. The molecule has 6 rings (SSSR count). The van der Waals surface area contributed by atoms with Crippen molar-refractivity contribution in [1.82, 2.24) is 0 Å². The minimum absolute atomic E-state index is 0.0837. The summed E-state index contributed by atoms with van der Waals surface area (Å²) in [4.78, 5) is 34.1. The zero-order valence-electron chi connectivity index (χ0n) is 30.8. The van der Waals surface area contributed by atoms with E-state index in [1.54, 1.807) is 35.7 Å². The second-order valence-electron chi connectivity index (χ2n) is 15.6. The Kier molecular flexibility index (Phi) is 12.3. The van der Waals surface area contributed by atoms with E-state index in [9.17, 15) is 18.4 Å². The number of anilines is 2. The van der Waals surface area contributed by atoms with Gasteiger partial charge in [-0.25, -0.2) is 8.78 Å². The second-order valence-corrected chi connectivity index (χ2v) is 17.7. The van der Waals surface area contributed by atoms with Crippen LogP contribution in [0.5, 0.6) is 0 Å². The molecule has 2 fully saturated rings. The Bertz CT molecular complexity index is 1590. The first-order chi connectivity index (χ1) is 24.4.